The molecule has 2 aliphatic carbocycles. The highest BCUT2D eigenvalue weighted by atomic mass is 16.5. The van der Waals surface area contributed by atoms with Crippen molar-refractivity contribution in [2.24, 2.45) is 11.8 Å². The number of amides is 2. The molecular formula is C28H34N2O5. The summed E-state index contributed by atoms with van der Waals surface area (Å²) in [5.41, 5.74) is 4.62. The van der Waals surface area contributed by atoms with Crippen molar-refractivity contribution in [1.82, 2.24) is 10.6 Å². The summed E-state index contributed by atoms with van der Waals surface area (Å²) in [5.74, 6) is -2.08. The predicted octanol–water partition coefficient (Wildman–Crippen LogP) is 4.70. The molecule has 1 unspecified atom stereocenters. The molecule has 1 fully saturated rings. The molecule has 0 radical (unpaired) electrons. The van der Waals surface area contributed by atoms with Gasteiger partial charge in [-0.1, -0.05) is 74.7 Å². The average molecular weight is 479 g/mol. The zero-order valence-corrected chi connectivity index (χ0v) is 20.2. The molecule has 2 aromatic rings. The third kappa shape index (κ3) is 5.66. The Balaban J connectivity index is 1.32. The normalized spacial score (nSPS) is 19.8. The van der Waals surface area contributed by atoms with Crippen molar-refractivity contribution in [3.63, 3.8) is 0 Å². The van der Waals surface area contributed by atoms with E-state index in [9.17, 15) is 19.5 Å². The molecule has 0 saturated heterocycles. The molecule has 7 nitrogen and oxygen atoms in total. The first-order valence-electron chi connectivity index (χ1n) is 12.6. The van der Waals surface area contributed by atoms with E-state index in [-0.39, 0.29) is 31.0 Å². The Morgan fingerprint density at radius 1 is 1.00 bits per heavy atom. The Bertz CT molecular complexity index is 1020. The molecule has 0 spiro atoms. The summed E-state index contributed by atoms with van der Waals surface area (Å²) in [5, 5.41) is 15.2. The zero-order valence-electron chi connectivity index (χ0n) is 20.2. The maximum absolute atomic E-state index is 12.9. The third-order valence-electron chi connectivity index (χ3n) is 7.26. The number of alkyl carbamates (subject to hydrolysis) is 1. The minimum Gasteiger partial charge on any atom is -0.481 e. The van der Waals surface area contributed by atoms with Crippen LogP contribution in [0.1, 0.15) is 62.5 Å². The van der Waals surface area contributed by atoms with Crippen molar-refractivity contribution in [3.8, 4) is 11.1 Å². The van der Waals surface area contributed by atoms with Gasteiger partial charge >= 0.3 is 12.1 Å². The molecule has 35 heavy (non-hydrogen) atoms. The molecule has 3 N–H and O–H groups in total. The lowest BCUT2D eigenvalue weighted by Crippen LogP contribution is -2.48. The molecule has 0 aliphatic heterocycles. The van der Waals surface area contributed by atoms with E-state index in [1.165, 1.54) is 11.1 Å². The van der Waals surface area contributed by atoms with E-state index in [2.05, 4.69) is 34.9 Å². The summed E-state index contributed by atoms with van der Waals surface area (Å²) in [6, 6.07) is 16.0. The molecule has 2 aromatic carbocycles. The first-order chi connectivity index (χ1) is 17.0. The summed E-state index contributed by atoms with van der Waals surface area (Å²) in [6.45, 7) is 2.35. The number of nitrogens with one attached hydrogen (secondary N) is 2. The van der Waals surface area contributed by atoms with Gasteiger partial charge in [0.15, 0.2) is 0 Å². The highest BCUT2D eigenvalue weighted by Crippen LogP contribution is 2.44. The number of hydrogen-bond donors (Lipinski definition) is 3. The van der Waals surface area contributed by atoms with E-state index in [1.54, 1.807) is 0 Å². The molecule has 4 rings (SSSR count). The predicted molar refractivity (Wildman–Crippen MR) is 133 cm³/mol. The van der Waals surface area contributed by atoms with Gasteiger partial charge in [0.25, 0.3) is 0 Å². The second-order valence-corrected chi connectivity index (χ2v) is 9.54. The van der Waals surface area contributed by atoms with E-state index >= 15 is 0 Å². The van der Waals surface area contributed by atoms with Gasteiger partial charge in [-0.3, -0.25) is 9.59 Å². The topological polar surface area (TPSA) is 105 Å². The second kappa shape index (κ2) is 11.4. The van der Waals surface area contributed by atoms with Gasteiger partial charge in [-0.15, -0.1) is 0 Å². The minimum absolute atomic E-state index is 0.0258. The first kappa shape index (κ1) is 24.8. The number of hydrogen-bond acceptors (Lipinski definition) is 4. The summed E-state index contributed by atoms with van der Waals surface area (Å²) in [7, 11) is 0. The maximum atomic E-state index is 12.9. The zero-order chi connectivity index (χ0) is 24.8. The molecule has 1 saturated carbocycles. The van der Waals surface area contributed by atoms with Crippen LogP contribution in [0.4, 0.5) is 4.79 Å². The standard InChI is InChI=1S/C28H34N2O5/c1-2-9-18(26(31)30-25-15-8-7-14-23(25)27(32)33)16-29-28(34)35-17-24-21-12-5-3-10-19(21)20-11-4-6-13-22(20)24/h3-6,10-13,18,23-25H,2,7-9,14-17H2,1H3,(H,29,34)(H,30,31)(H,32,33)/t18?,23-,25+/m1/s1. The average Bonchev–Trinajstić information content (AvgIpc) is 3.19. The summed E-state index contributed by atoms with van der Waals surface area (Å²) < 4.78 is 5.59. The quantitative estimate of drug-likeness (QED) is 0.485. The molecule has 0 aromatic heterocycles. The summed E-state index contributed by atoms with van der Waals surface area (Å²) in [4.78, 5) is 37.0. The van der Waals surface area contributed by atoms with Crippen LogP contribution in [0.2, 0.25) is 0 Å². The van der Waals surface area contributed by atoms with Gasteiger partial charge in [0, 0.05) is 18.5 Å². The van der Waals surface area contributed by atoms with Crippen molar-refractivity contribution < 1.29 is 24.2 Å². The number of carboxylic acid groups (broad SMARTS) is 1. The number of fused-ring (bicyclic) bond motifs is 3. The maximum Gasteiger partial charge on any atom is 0.407 e. The lowest BCUT2D eigenvalue weighted by Gasteiger charge is -2.30. The van der Waals surface area contributed by atoms with Gasteiger partial charge in [-0.25, -0.2) is 4.79 Å². The molecule has 2 amide bonds. The first-order valence-corrected chi connectivity index (χ1v) is 12.6. The van der Waals surface area contributed by atoms with Crippen LogP contribution in [-0.2, 0) is 14.3 Å². The van der Waals surface area contributed by atoms with Crippen LogP contribution in [0.15, 0.2) is 48.5 Å². The smallest absolute Gasteiger partial charge is 0.407 e. The van der Waals surface area contributed by atoms with Gasteiger partial charge in [0.05, 0.1) is 11.8 Å². The lowest BCUT2D eigenvalue weighted by molar-refractivity contribution is -0.144. The van der Waals surface area contributed by atoms with E-state index in [4.69, 9.17) is 4.74 Å². The van der Waals surface area contributed by atoms with Crippen molar-refractivity contribution in [1.29, 1.82) is 0 Å². The highest BCUT2D eigenvalue weighted by Gasteiger charge is 2.33. The fourth-order valence-corrected chi connectivity index (χ4v) is 5.43. The van der Waals surface area contributed by atoms with E-state index in [0.29, 0.717) is 19.3 Å². The molecular weight excluding hydrogens is 444 g/mol. The van der Waals surface area contributed by atoms with Crippen LogP contribution < -0.4 is 10.6 Å². The van der Waals surface area contributed by atoms with Crippen LogP contribution in [0.25, 0.3) is 11.1 Å². The summed E-state index contributed by atoms with van der Waals surface area (Å²) in [6.07, 6.45) is 3.84. The third-order valence-corrected chi connectivity index (χ3v) is 7.26. The highest BCUT2D eigenvalue weighted by molar-refractivity contribution is 5.81. The SMILES string of the molecule is CCCC(CNC(=O)OCC1c2ccccc2-c2ccccc21)C(=O)N[C@H]1CCCC[C@H]1C(=O)O. The van der Waals surface area contributed by atoms with Crippen molar-refractivity contribution in [3.05, 3.63) is 59.7 Å². The Morgan fingerprint density at radius 2 is 1.63 bits per heavy atom. The van der Waals surface area contributed by atoms with Gasteiger partial charge in [-0.2, -0.15) is 0 Å². The van der Waals surface area contributed by atoms with Crippen molar-refractivity contribution in [2.75, 3.05) is 13.2 Å². The second-order valence-electron chi connectivity index (χ2n) is 9.54. The van der Waals surface area contributed by atoms with Gasteiger partial charge in [0.1, 0.15) is 6.61 Å². The molecule has 7 heteroatoms. The fourth-order valence-electron chi connectivity index (χ4n) is 5.43. The molecule has 186 valence electrons. The van der Waals surface area contributed by atoms with Crippen molar-refractivity contribution >= 4 is 18.0 Å². The van der Waals surface area contributed by atoms with E-state index in [0.717, 1.165) is 30.4 Å². The number of carbonyl (C=O) groups excluding carboxylic acids is 2. The molecule has 2 aliphatic rings. The number of carbonyl (C=O) groups is 3. The van der Waals surface area contributed by atoms with Gasteiger partial charge < -0.3 is 20.5 Å². The van der Waals surface area contributed by atoms with Gasteiger partial charge in [-0.05, 0) is 41.5 Å². The number of rotatable bonds is 9. The monoisotopic (exact) mass is 478 g/mol. The Kier molecular flexibility index (Phi) is 8.06. The van der Waals surface area contributed by atoms with Crippen LogP contribution in [0, 0.1) is 11.8 Å². The van der Waals surface area contributed by atoms with Gasteiger partial charge in [0.2, 0.25) is 5.91 Å². The van der Waals surface area contributed by atoms with Crippen LogP contribution in [0.3, 0.4) is 0 Å². The lowest BCUT2D eigenvalue weighted by atomic mass is 9.84. The Labute approximate surface area is 206 Å². The Hall–Kier alpha value is -3.35. The Morgan fingerprint density at radius 3 is 2.26 bits per heavy atom. The number of ether oxygens (including phenoxy) is 1. The summed E-state index contributed by atoms with van der Waals surface area (Å²) >= 11 is 0. The number of carboxylic acids is 1. The minimum atomic E-state index is -0.862. The molecule has 0 heterocycles. The molecule has 0 bridgehead atoms. The number of benzene rings is 2. The molecule has 3 atom stereocenters. The van der Waals surface area contributed by atoms with Crippen LogP contribution in [-0.4, -0.2) is 42.3 Å². The largest absolute Gasteiger partial charge is 0.481 e. The van der Waals surface area contributed by atoms with Crippen molar-refractivity contribution in [2.45, 2.75) is 57.4 Å². The van der Waals surface area contributed by atoms with E-state index < -0.39 is 23.9 Å². The number of aliphatic carboxylic acids is 1. The van der Waals surface area contributed by atoms with Crippen LogP contribution in [0.5, 0.6) is 0 Å². The van der Waals surface area contributed by atoms with E-state index in [1.807, 2.05) is 31.2 Å². The van der Waals surface area contributed by atoms with Crippen LogP contribution >= 0.6 is 0 Å². The fraction of sp³-hybridized carbons (Fsp3) is 0.464.